The number of aryl methyl sites for hydroxylation is 1. The molecule has 0 saturated heterocycles. The van der Waals surface area contributed by atoms with Gasteiger partial charge < -0.3 is 33.2 Å². The van der Waals surface area contributed by atoms with Crippen LogP contribution in [0.2, 0.25) is 0 Å². The average molecular weight is 519 g/mol. The molecule has 0 bridgehead atoms. The van der Waals surface area contributed by atoms with Gasteiger partial charge in [0.2, 0.25) is 0 Å². The van der Waals surface area contributed by atoms with E-state index in [9.17, 15) is 29.3 Å². The van der Waals surface area contributed by atoms with E-state index in [0.29, 0.717) is 32.1 Å². The molecule has 1 aromatic rings. The topological polar surface area (TPSA) is 187 Å². The van der Waals surface area contributed by atoms with Crippen LogP contribution in [-0.2, 0) is 35.2 Å². The summed E-state index contributed by atoms with van der Waals surface area (Å²) in [5.74, 6) is -2.25. The van der Waals surface area contributed by atoms with E-state index in [2.05, 4.69) is 10.2 Å². The average Bonchev–Trinajstić information content (AvgIpc) is 3.15. The molecule has 204 valence electrons. The van der Waals surface area contributed by atoms with Crippen molar-refractivity contribution in [1.29, 1.82) is 0 Å². The van der Waals surface area contributed by atoms with Gasteiger partial charge in [0.05, 0.1) is 13.2 Å². The molecule has 0 aliphatic rings. The number of unbranched alkanes of at least 4 members (excludes halogenated alkanes) is 6. The van der Waals surface area contributed by atoms with Crippen molar-refractivity contribution in [3.8, 4) is 0 Å². The predicted molar refractivity (Wildman–Crippen MR) is 121 cm³/mol. The molecule has 0 aliphatic heterocycles. The highest BCUT2D eigenvalue weighted by molar-refractivity contribution is 5.82. The first-order valence-electron chi connectivity index (χ1n) is 11.8. The summed E-state index contributed by atoms with van der Waals surface area (Å²) in [6, 6.07) is -1.35. The maximum Gasteiger partial charge on any atom is 0.519 e. The van der Waals surface area contributed by atoms with Gasteiger partial charge in [0.25, 0.3) is 5.09 Å². The van der Waals surface area contributed by atoms with Crippen LogP contribution in [0.4, 0.5) is 4.79 Å². The van der Waals surface area contributed by atoms with Crippen LogP contribution in [-0.4, -0.2) is 49.0 Å². The van der Waals surface area contributed by atoms with E-state index < -0.39 is 48.2 Å². The third kappa shape index (κ3) is 14.0. The van der Waals surface area contributed by atoms with Crippen LogP contribution in [0.25, 0.3) is 0 Å². The standard InChI is InChI=1S/C22H34N2O12/c1-3-4-5-8-11-19(25)32-14-17(20(26)33-15-18-16(2)35-22(28)36-18)23-21(27)31-12-9-6-7-10-13-34-24(29)30/h17H,3-15H2,1-2H3,(H,23,27). The van der Waals surface area contributed by atoms with Crippen molar-refractivity contribution in [2.75, 3.05) is 19.8 Å². The molecule has 36 heavy (non-hydrogen) atoms. The summed E-state index contributed by atoms with van der Waals surface area (Å²) >= 11 is 0. The summed E-state index contributed by atoms with van der Waals surface area (Å²) in [4.78, 5) is 62.0. The van der Waals surface area contributed by atoms with Crippen LogP contribution in [0.5, 0.6) is 0 Å². The molecule has 1 rings (SSSR count). The number of alkyl carbamates (subject to hydrolysis) is 1. The molecule has 0 saturated carbocycles. The second kappa shape index (κ2) is 17.8. The lowest BCUT2D eigenvalue weighted by atomic mass is 10.1. The first-order valence-corrected chi connectivity index (χ1v) is 11.8. The van der Waals surface area contributed by atoms with E-state index in [4.69, 9.17) is 23.0 Å². The van der Waals surface area contributed by atoms with Crippen LogP contribution < -0.4 is 11.1 Å². The number of nitrogens with one attached hydrogen (secondary N) is 1. The third-order valence-corrected chi connectivity index (χ3v) is 4.87. The Balaban J connectivity index is 2.49. The fourth-order valence-electron chi connectivity index (χ4n) is 2.90. The number of hydrogen-bond donors (Lipinski definition) is 1. The maximum atomic E-state index is 12.5. The van der Waals surface area contributed by atoms with E-state index in [1.807, 2.05) is 6.92 Å². The summed E-state index contributed by atoms with van der Waals surface area (Å²) in [5, 5.41) is 11.5. The molecule has 1 N–H and O–H groups in total. The van der Waals surface area contributed by atoms with Crippen LogP contribution in [0.3, 0.4) is 0 Å². The zero-order valence-electron chi connectivity index (χ0n) is 20.6. The maximum absolute atomic E-state index is 12.5. The van der Waals surface area contributed by atoms with Gasteiger partial charge in [-0.15, -0.1) is 10.1 Å². The fraction of sp³-hybridized carbons (Fsp3) is 0.727. The normalized spacial score (nSPS) is 11.4. The van der Waals surface area contributed by atoms with E-state index in [-0.39, 0.29) is 31.2 Å². The number of rotatable bonds is 19. The number of ether oxygens (including phenoxy) is 3. The van der Waals surface area contributed by atoms with Crippen LogP contribution in [0, 0.1) is 17.0 Å². The first kappa shape index (κ1) is 30.5. The van der Waals surface area contributed by atoms with Gasteiger partial charge in [0, 0.05) is 6.42 Å². The molecule has 0 fully saturated rings. The molecule has 0 radical (unpaired) electrons. The highest BCUT2D eigenvalue weighted by Crippen LogP contribution is 2.08. The minimum absolute atomic E-state index is 0.00277. The Morgan fingerprint density at radius 2 is 1.67 bits per heavy atom. The van der Waals surface area contributed by atoms with Gasteiger partial charge in [-0.2, -0.15) is 0 Å². The molecule has 1 atom stereocenters. The van der Waals surface area contributed by atoms with E-state index in [1.165, 1.54) is 6.92 Å². The lowest BCUT2D eigenvalue weighted by molar-refractivity contribution is -0.757. The summed E-state index contributed by atoms with van der Waals surface area (Å²) in [6.45, 7) is 2.65. The quantitative estimate of drug-likeness (QED) is 0.0928. The van der Waals surface area contributed by atoms with Gasteiger partial charge in [0.15, 0.2) is 24.2 Å². The molecule has 0 spiro atoms. The summed E-state index contributed by atoms with van der Waals surface area (Å²) < 4.78 is 24.7. The van der Waals surface area contributed by atoms with Crippen molar-refractivity contribution in [3.05, 3.63) is 32.3 Å². The number of carbonyl (C=O) groups is 3. The number of esters is 2. The molecule has 14 nitrogen and oxygen atoms in total. The van der Waals surface area contributed by atoms with Gasteiger partial charge in [-0.3, -0.25) is 4.79 Å². The van der Waals surface area contributed by atoms with Crippen LogP contribution in [0.15, 0.2) is 13.6 Å². The van der Waals surface area contributed by atoms with Gasteiger partial charge in [-0.05, 0) is 32.6 Å². The Kier molecular flexibility index (Phi) is 15.1. The SMILES string of the molecule is CCCCCCC(=O)OCC(NC(=O)OCCCCCCO[N+](=O)[O-])C(=O)OCc1oc(=O)oc1C. The molecule has 1 aromatic heterocycles. The Bertz CT molecular complexity index is 879. The summed E-state index contributed by atoms with van der Waals surface area (Å²) in [6.07, 6.45) is 5.06. The molecule has 1 amide bonds. The van der Waals surface area contributed by atoms with E-state index in [1.54, 1.807) is 0 Å². The fourth-order valence-corrected chi connectivity index (χ4v) is 2.90. The van der Waals surface area contributed by atoms with Crippen molar-refractivity contribution >= 4 is 18.0 Å². The molecule has 14 heteroatoms. The Labute approximate surface area is 207 Å². The second-order valence-corrected chi connectivity index (χ2v) is 7.84. The highest BCUT2D eigenvalue weighted by Gasteiger charge is 2.26. The minimum Gasteiger partial charge on any atom is -0.463 e. The molecular weight excluding hydrogens is 484 g/mol. The molecular formula is C22H34N2O12. The van der Waals surface area contributed by atoms with Crippen molar-refractivity contribution < 1.29 is 47.4 Å². The lowest BCUT2D eigenvalue weighted by Gasteiger charge is -2.17. The van der Waals surface area contributed by atoms with Gasteiger partial charge in [-0.25, -0.2) is 14.4 Å². The van der Waals surface area contributed by atoms with Gasteiger partial charge >= 0.3 is 23.9 Å². The predicted octanol–water partition coefficient (Wildman–Crippen LogP) is 2.96. The Morgan fingerprint density at radius 3 is 2.31 bits per heavy atom. The second-order valence-electron chi connectivity index (χ2n) is 7.84. The van der Waals surface area contributed by atoms with Crippen molar-refractivity contribution in [1.82, 2.24) is 5.32 Å². The van der Waals surface area contributed by atoms with E-state index in [0.717, 1.165) is 19.3 Å². The zero-order valence-corrected chi connectivity index (χ0v) is 20.6. The molecule has 0 aromatic carbocycles. The molecule has 0 aliphatic carbocycles. The number of amides is 1. The monoisotopic (exact) mass is 518 g/mol. The van der Waals surface area contributed by atoms with Gasteiger partial charge in [-0.1, -0.05) is 32.6 Å². The number of nitrogens with zero attached hydrogens (tertiary/aromatic N) is 1. The van der Waals surface area contributed by atoms with Crippen LogP contribution >= 0.6 is 0 Å². The summed E-state index contributed by atoms with van der Waals surface area (Å²) in [5.41, 5.74) is 0. The first-order chi connectivity index (χ1) is 17.2. The zero-order chi connectivity index (χ0) is 26.8. The Morgan fingerprint density at radius 1 is 0.972 bits per heavy atom. The highest BCUT2D eigenvalue weighted by atomic mass is 16.9. The summed E-state index contributed by atoms with van der Waals surface area (Å²) in [7, 11) is 0. The Hall–Kier alpha value is -3.58. The van der Waals surface area contributed by atoms with E-state index >= 15 is 0 Å². The van der Waals surface area contributed by atoms with Crippen LogP contribution in [0.1, 0.15) is 76.2 Å². The third-order valence-electron chi connectivity index (χ3n) is 4.87. The number of carbonyl (C=O) groups excluding carboxylic acids is 3. The van der Waals surface area contributed by atoms with Gasteiger partial charge in [0.1, 0.15) is 6.61 Å². The molecule has 1 heterocycles. The van der Waals surface area contributed by atoms with Crippen molar-refractivity contribution in [2.24, 2.45) is 0 Å². The minimum atomic E-state index is -1.35. The smallest absolute Gasteiger partial charge is 0.463 e. The largest absolute Gasteiger partial charge is 0.519 e. The van der Waals surface area contributed by atoms with Crippen molar-refractivity contribution in [2.45, 2.75) is 84.3 Å². The molecule has 1 unspecified atom stereocenters. The van der Waals surface area contributed by atoms with Crippen molar-refractivity contribution in [3.63, 3.8) is 0 Å². The lowest BCUT2D eigenvalue weighted by Crippen LogP contribution is -2.45. The number of hydrogen-bond acceptors (Lipinski definition) is 12.